The molecule has 0 aliphatic rings. The van der Waals surface area contributed by atoms with Gasteiger partial charge in [0, 0.05) is 11.8 Å². The first-order valence-electron chi connectivity index (χ1n) is 9.19. The summed E-state index contributed by atoms with van der Waals surface area (Å²) in [6.07, 6.45) is 2.16. The van der Waals surface area contributed by atoms with Crippen LogP contribution in [0, 0.1) is 13.8 Å². The lowest BCUT2D eigenvalue weighted by atomic mass is 10.0. The quantitative estimate of drug-likeness (QED) is 0.503. The molecule has 142 valence electrons. The van der Waals surface area contributed by atoms with Gasteiger partial charge in [0.15, 0.2) is 6.10 Å². The maximum Gasteiger partial charge on any atom is 0.331 e. The Morgan fingerprint density at radius 3 is 2.50 bits per heavy atom. The molecule has 3 aromatic carbocycles. The second kappa shape index (κ2) is 8.53. The van der Waals surface area contributed by atoms with Crippen LogP contribution in [0.3, 0.4) is 0 Å². The maximum atomic E-state index is 12.3. The summed E-state index contributed by atoms with van der Waals surface area (Å²) in [6.45, 7) is 5.48. The molecular formula is C24H23NO3. The van der Waals surface area contributed by atoms with Gasteiger partial charge in [-0.2, -0.15) is 0 Å². The van der Waals surface area contributed by atoms with Crippen LogP contribution in [-0.4, -0.2) is 18.0 Å². The van der Waals surface area contributed by atoms with Gasteiger partial charge in [0.25, 0.3) is 5.91 Å². The van der Waals surface area contributed by atoms with E-state index in [9.17, 15) is 9.59 Å². The van der Waals surface area contributed by atoms with E-state index in [4.69, 9.17) is 4.74 Å². The van der Waals surface area contributed by atoms with E-state index in [2.05, 4.69) is 5.32 Å². The third-order valence-electron chi connectivity index (χ3n) is 4.75. The van der Waals surface area contributed by atoms with Crippen molar-refractivity contribution in [2.24, 2.45) is 0 Å². The molecule has 1 atom stereocenters. The van der Waals surface area contributed by atoms with E-state index < -0.39 is 12.1 Å². The van der Waals surface area contributed by atoms with Crippen molar-refractivity contribution in [2.75, 3.05) is 5.32 Å². The Labute approximate surface area is 164 Å². The van der Waals surface area contributed by atoms with Gasteiger partial charge < -0.3 is 10.1 Å². The Balaban J connectivity index is 1.64. The molecule has 0 aromatic heterocycles. The minimum Gasteiger partial charge on any atom is -0.449 e. The number of carbonyl (C=O) groups is 2. The van der Waals surface area contributed by atoms with Crippen molar-refractivity contribution >= 4 is 34.4 Å². The highest BCUT2D eigenvalue weighted by Crippen LogP contribution is 2.20. The molecular weight excluding hydrogens is 350 g/mol. The molecule has 4 heteroatoms. The number of amides is 1. The molecule has 0 saturated carbocycles. The van der Waals surface area contributed by atoms with Crippen molar-refractivity contribution in [3.05, 3.63) is 83.4 Å². The summed E-state index contributed by atoms with van der Waals surface area (Å²) < 4.78 is 5.25. The zero-order valence-corrected chi connectivity index (χ0v) is 16.2. The highest BCUT2D eigenvalue weighted by atomic mass is 16.5. The number of ether oxygens (including phenoxy) is 1. The summed E-state index contributed by atoms with van der Waals surface area (Å²) >= 11 is 0. The summed E-state index contributed by atoms with van der Waals surface area (Å²) in [5.41, 5.74) is 3.72. The van der Waals surface area contributed by atoms with E-state index in [-0.39, 0.29) is 5.91 Å². The fourth-order valence-corrected chi connectivity index (χ4v) is 2.94. The zero-order valence-electron chi connectivity index (χ0n) is 16.2. The summed E-state index contributed by atoms with van der Waals surface area (Å²) in [5.74, 6) is -0.919. The molecule has 0 aliphatic carbocycles. The minimum atomic E-state index is -0.899. The average molecular weight is 373 g/mol. The molecule has 0 aliphatic heterocycles. The SMILES string of the molecule is Cc1cccc(NC(=O)C(C)OC(=O)/C=C/c2cccc3ccccc23)c1C. The van der Waals surface area contributed by atoms with Crippen LogP contribution in [0.25, 0.3) is 16.8 Å². The molecule has 3 rings (SSSR count). The highest BCUT2D eigenvalue weighted by molar-refractivity contribution is 5.98. The van der Waals surface area contributed by atoms with E-state index in [0.29, 0.717) is 0 Å². The predicted octanol–water partition coefficient (Wildman–Crippen LogP) is 5.04. The van der Waals surface area contributed by atoms with Crippen molar-refractivity contribution in [1.29, 1.82) is 0 Å². The minimum absolute atomic E-state index is 0.361. The molecule has 0 spiro atoms. The van der Waals surface area contributed by atoms with Gasteiger partial charge in [-0.3, -0.25) is 4.79 Å². The number of fused-ring (bicyclic) bond motifs is 1. The van der Waals surface area contributed by atoms with Crippen LogP contribution < -0.4 is 5.32 Å². The molecule has 4 nitrogen and oxygen atoms in total. The van der Waals surface area contributed by atoms with Crippen LogP contribution in [0.5, 0.6) is 0 Å². The average Bonchev–Trinajstić information content (AvgIpc) is 2.69. The topological polar surface area (TPSA) is 55.4 Å². The van der Waals surface area contributed by atoms with Crippen LogP contribution in [0.15, 0.2) is 66.7 Å². The highest BCUT2D eigenvalue weighted by Gasteiger charge is 2.17. The van der Waals surface area contributed by atoms with Crippen molar-refractivity contribution in [3.63, 3.8) is 0 Å². The number of aryl methyl sites for hydroxylation is 1. The lowest BCUT2D eigenvalue weighted by Crippen LogP contribution is -2.29. The van der Waals surface area contributed by atoms with Gasteiger partial charge in [-0.05, 0) is 60.4 Å². The maximum absolute atomic E-state index is 12.3. The van der Waals surface area contributed by atoms with Gasteiger partial charge in [-0.15, -0.1) is 0 Å². The second-order valence-electron chi connectivity index (χ2n) is 6.72. The summed E-state index contributed by atoms with van der Waals surface area (Å²) in [6, 6.07) is 19.5. The standard InChI is InChI=1S/C24H23NO3/c1-16-8-6-13-22(17(16)2)25-24(27)18(3)28-23(26)15-14-20-11-7-10-19-9-4-5-12-21(19)20/h4-15,18H,1-3H3,(H,25,27)/b15-14+. The Kier molecular flexibility index (Phi) is 5.90. The first-order chi connectivity index (χ1) is 13.5. The predicted molar refractivity (Wildman–Crippen MR) is 113 cm³/mol. The fraction of sp³-hybridized carbons (Fsp3) is 0.167. The summed E-state index contributed by atoms with van der Waals surface area (Å²) in [4.78, 5) is 24.5. The zero-order chi connectivity index (χ0) is 20.1. The molecule has 0 bridgehead atoms. The number of rotatable bonds is 5. The van der Waals surface area contributed by atoms with Crippen LogP contribution in [0.4, 0.5) is 5.69 Å². The number of nitrogens with one attached hydrogen (secondary N) is 1. The lowest BCUT2D eigenvalue weighted by molar-refractivity contribution is -0.148. The van der Waals surface area contributed by atoms with E-state index in [0.717, 1.165) is 33.2 Å². The Bertz CT molecular complexity index is 1050. The number of benzene rings is 3. The van der Waals surface area contributed by atoms with Crippen LogP contribution in [0.2, 0.25) is 0 Å². The largest absolute Gasteiger partial charge is 0.449 e. The molecule has 1 N–H and O–H groups in total. The van der Waals surface area contributed by atoms with Crippen LogP contribution in [-0.2, 0) is 14.3 Å². The Hall–Kier alpha value is -3.40. The van der Waals surface area contributed by atoms with Crippen molar-refractivity contribution < 1.29 is 14.3 Å². The van der Waals surface area contributed by atoms with Gasteiger partial charge in [0.1, 0.15) is 0 Å². The number of esters is 1. The van der Waals surface area contributed by atoms with Gasteiger partial charge in [-0.25, -0.2) is 4.79 Å². The van der Waals surface area contributed by atoms with Gasteiger partial charge >= 0.3 is 5.97 Å². The molecule has 1 amide bonds. The van der Waals surface area contributed by atoms with E-state index in [1.165, 1.54) is 6.08 Å². The van der Waals surface area contributed by atoms with Gasteiger partial charge in [-0.1, -0.05) is 54.6 Å². The van der Waals surface area contributed by atoms with E-state index in [1.807, 2.05) is 74.5 Å². The number of hydrogen-bond donors (Lipinski definition) is 1. The number of anilines is 1. The first kappa shape index (κ1) is 19.4. The van der Waals surface area contributed by atoms with Crippen LogP contribution in [0.1, 0.15) is 23.6 Å². The third-order valence-corrected chi connectivity index (χ3v) is 4.75. The summed E-state index contributed by atoms with van der Waals surface area (Å²) in [5, 5.41) is 4.96. The lowest BCUT2D eigenvalue weighted by Gasteiger charge is -2.14. The van der Waals surface area contributed by atoms with E-state index >= 15 is 0 Å². The van der Waals surface area contributed by atoms with Gasteiger partial charge in [0.05, 0.1) is 0 Å². The second-order valence-corrected chi connectivity index (χ2v) is 6.72. The Morgan fingerprint density at radius 1 is 0.964 bits per heavy atom. The molecule has 28 heavy (non-hydrogen) atoms. The molecule has 0 saturated heterocycles. The van der Waals surface area contributed by atoms with Gasteiger partial charge in [0.2, 0.25) is 0 Å². The van der Waals surface area contributed by atoms with Crippen molar-refractivity contribution in [3.8, 4) is 0 Å². The molecule has 3 aromatic rings. The first-order valence-corrected chi connectivity index (χ1v) is 9.19. The van der Waals surface area contributed by atoms with Crippen molar-refractivity contribution in [1.82, 2.24) is 0 Å². The Morgan fingerprint density at radius 2 is 1.68 bits per heavy atom. The number of carbonyl (C=O) groups excluding carboxylic acids is 2. The molecule has 0 radical (unpaired) electrons. The monoisotopic (exact) mass is 373 g/mol. The van der Waals surface area contributed by atoms with Crippen molar-refractivity contribution in [2.45, 2.75) is 26.9 Å². The smallest absolute Gasteiger partial charge is 0.331 e. The summed E-state index contributed by atoms with van der Waals surface area (Å²) in [7, 11) is 0. The number of hydrogen-bond acceptors (Lipinski definition) is 3. The van der Waals surface area contributed by atoms with Crippen LogP contribution >= 0.6 is 0 Å². The molecule has 0 heterocycles. The third kappa shape index (κ3) is 4.46. The normalized spacial score (nSPS) is 12.1. The molecule has 1 unspecified atom stereocenters. The fourth-order valence-electron chi connectivity index (χ4n) is 2.94. The van der Waals surface area contributed by atoms with E-state index in [1.54, 1.807) is 13.0 Å². The molecule has 0 fully saturated rings.